The molecule has 0 saturated heterocycles. The summed E-state index contributed by atoms with van der Waals surface area (Å²) in [6, 6.07) is -0.882. The second kappa shape index (κ2) is 53.1. The van der Waals surface area contributed by atoms with E-state index in [1.54, 1.807) is 6.08 Å². The van der Waals surface area contributed by atoms with Gasteiger partial charge in [-0.15, -0.1) is 0 Å². The molecule has 8 nitrogen and oxygen atoms in total. The topological polar surface area (TPSA) is 108 Å². The van der Waals surface area contributed by atoms with Crippen molar-refractivity contribution in [2.24, 2.45) is 0 Å². The summed E-state index contributed by atoms with van der Waals surface area (Å²) >= 11 is 0. The van der Waals surface area contributed by atoms with Crippen molar-refractivity contribution in [2.45, 2.75) is 334 Å². The SMILES string of the molecule is CCCCCCCCCCCCCCCCC/C=C/C(O)C(COP(=O)([O-])OCC[N+](C)(C)C)NC(=O)CCCCCCCCCCCCCCCCCCCCCCCCCCCCCCCCC. The maximum Gasteiger partial charge on any atom is 0.268 e. The van der Waals surface area contributed by atoms with Crippen molar-refractivity contribution in [1.29, 1.82) is 0 Å². The van der Waals surface area contributed by atoms with Gasteiger partial charge in [0.15, 0.2) is 0 Å². The van der Waals surface area contributed by atoms with Gasteiger partial charge >= 0.3 is 0 Å². The second-order valence-electron chi connectivity index (χ2n) is 22.8. The van der Waals surface area contributed by atoms with Crippen molar-refractivity contribution < 1.29 is 32.9 Å². The van der Waals surface area contributed by atoms with Gasteiger partial charge in [-0.05, 0) is 19.3 Å². The van der Waals surface area contributed by atoms with Gasteiger partial charge in [0, 0.05) is 6.42 Å². The summed E-state index contributed by atoms with van der Waals surface area (Å²) in [5, 5.41) is 13.9. The molecule has 418 valence electrons. The number of rotatable bonds is 58. The highest BCUT2D eigenvalue weighted by molar-refractivity contribution is 7.45. The number of hydrogen-bond donors (Lipinski definition) is 2. The molecule has 0 aromatic carbocycles. The summed E-state index contributed by atoms with van der Waals surface area (Å²) in [7, 11) is 1.28. The zero-order valence-corrected chi connectivity index (χ0v) is 48.6. The van der Waals surface area contributed by atoms with Crippen LogP contribution in [0, 0.1) is 0 Å². The van der Waals surface area contributed by atoms with Gasteiger partial charge in [-0.2, -0.15) is 0 Å². The molecule has 3 atom stereocenters. The molecule has 3 unspecified atom stereocenters. The number of unbranched alkanes of at least 4 members (excludes halogenated alkanes) is 45. The number of phosphoric acid groups is 1. The van der Waals surface area contributed by atoms with E-state index >= 15 is 0 Å². The number of carbonyl (C=O) groups excluding carboxylic acids is 1. The number of aliphatic hydroxyl groups excluding tert-OH is 1. The van der Waals surface area contributed by atoms with E-state index < -0.39 is 20.0 Å². The molecule has 0 saturated carbocycles. The summed E-state index contributed by atoms with van der Waals surface area (Å²) in [5.74, 6) is -0.189. The fourth-order valence-corrected chi connectivity index (χ4v) is 10.4. The fourth-order valence-electron chi connectivity index (χ4n) is 9.63. The Morgan fingerprint density at radius 1 is 0.486 bits per heavy atom. The van der Waals surface area contributed by atoms with E-state index in [9.17, 15) is 19.4 Å². The van der Waals surface area contributed by atoms with Crippen LogP contribution in [0.15, 0.2) is 12.2 Å². The Labute approximate surface area is 437 Å². The van der Waals surface area contributed by atoms with Crippen LogP contribution in [0.3, 0.4) is 0 Å². The molecule has 0 aliphatic heterocycles. The molecule has 70 heavy (non-hydrogen) atoms. The lowest BCUT2D eigenvalue weighted by molar-refractivity contribution is -0.870. The molecule has 0 heterocycles. The molecule has 2 N–H and O–H groups in total. The number of amides is 1. The zero-order chi connectivity index (χ0) is 51.3. The van der Waals surface area contributed by atoms with Crippen LogP contribution in [0.1, 0.15) is 322 Å². The largest absolute Gasteiger partial charge is 0.756 e. The molecule has 0 aliphatic carbocycles. The maximum absolute atomic E-state index is 13.0. The van der Waals surface area contributed by atoms with E-state index in [2.05, 4.69) is 19.2 Å². The molecule has 1 amide bonds. The average molecular weight is 1010 g/mol. The van der Waals surface area contributed by atoms with Crippen LogP contribution in [-0.2, 0) is 18.4 Å². The summed E-state index contributed by atoms with van der Waals surface area (Å²) in [6.45, 7) is 4.70. The first-order valence-electron chi connectivity index (χ1n) is 31.1. The molecule has 0 aromatic heterocycles. The number of nitrogens with one attached hydrogen (secondary N) is 1. The first-order valence-corrected chi connectivity index (χ1v) is 32.5. The molecule has 0 rings (SSSR count). The minimum absolute atomic E-state index is 0.00269. The van der Waals surface area contributed by atoms with Crippen molar-refractivity contribution in [3.8, 4) is 0 Å². The number of hydrogen-bond acceptors (Lipinski definition) is 6. The third-order valence-electron chi connectivity index (χ3n) is 14.5. The number of phosphoric ester groups is 1. The van der Waals surface area contributed by atoms with Crippen molar-refractivity contribution in [3.63, 3.8) is 0 Å². The summed E-state index contributed by atoms with van der Waals surface area (Å²) < 4.78 is 23.4. The predicted octanol–water partition coefficient (Wildman–Crippen LogP) is 18.4. The molecule has 0 spiro atoms. The van der Waals surface area contributed by atoms with Gasteiger partial charge in [-0.1, -0.05) is 309 Å². The monoisotopic (exact) mass is 1010 g/mol. The van der Waals surface area contributed by atoms with Gasteiger partial charge in [0.1, 0.15) is 13.2 Å². The lowest BCUT2D eigenvalue weighted by atomic mass is 10.0. The zero-order valence-electron chi connectivity index (χ0n) is 47.8. The first-order chi connectivity index (χ1) is 34.0. The Balaban J connectivity index is 4.02. The van der Waals surface area contributed by atoms with Gasteiger partial charge in [0.2, 0.25) is 5.91 Å². The van der Waals surface area contributed by atoms with Crippen LogP contribution in [0.2, 0.25) is 0 Å². The van der Waals surface area contributed by atoms with E-state index in [0.717, 1.165) is 38.5 Å². The molecule has 0 aliphatic rings. The molecule has 0 fully saturated rings. The highest BCUT2D eigenvalue weighted by Crippen LogP contribution is 2.38. The van der Waals surface area contributed by atoms with Gasteiger partial charge in [0.25, 0.3) is 7.82 Å². The number of quaternary nitrogens is 1. The van der Waals surface area contributed by atoms with E-state index in [-0.39, 0.29) is 19.1 Å². The maximum atomic E-state index is 13.0. The molecule has 0 radical (unpaired) electrons. The first kappa shape index (κ1) is 69.2. The Morgan fingerprint density at radius 3 is 1.07 bits per heavy atom. The number of allylic oxidation sites excluding steroid dienone is 1. The normalized spacial score (nSPS) is 13.9. The number of carbonyl (C=O) groups is 1. The minimum atomic E-state index is -4.59. The Kier molecular flexibility index (Phi) is 52.5. The van der Waals surface area contributed by atoms with Gasteiger partial charge in [-0.3, -0.25) is 9.36 Å². The molecular formula is C61H123N2O6P. The third kappa shape index (κ3) is 55.0. The quantitative estimate of drug-likeness (QED) is 0.0272. The van der Waals surface area contributed by atoms with Crippen molar-refractivity contribution in [1.82, 2.24) is 5.32 Å². The second-order valence-corrected chi connectivity index (χ2v) is 24.2. The summed E-state index contributed by atoms with van der Waals surface area (Å²) in [6.07, 6.45) is 65.9. The number of nitrogens with zero attached hydrogens (tertiary/aromatic N) is 1. The van der Waals surface area contributed by atoms with E-state index in [0.29, 0.717) is 17.4 Å². The van der Waals surface area contributed by atoms with Crippen LogP contribution in [0.5, 0.6) is 0 Å². The standard InChI is InChI=1S/C61H123N2O6P/c1-6-8-10-12-14-16-18-20-22-24-25-26-27-28-29-30-31-32-33-34-35-36-37-39-41-43-45-47-49-51-53-55-61(65)62-59(58-69-70(66,67)68-57-56-63(3,4)5)60(64)54-52-50-48-46-44-42-40-38-23-21-19-17-15-13-11-9-7-2/h52,54,59-60,64H,6-51,53,55-58H2,1-5H3,(H-,62,65,66,67)/b54-52+. The van der Waals surface area contributed by atoms with Gasteiger partial charge in [0.05, 0.1) is 39.9 Å². The van der Waals surface area contributed by atoms with Crippen LogP contribution >= 0.6 is 7.82 Å². The highest BCUT2D eigenvalue weighted by Gasteiger charge is 2.23. The fraction of sp³-hybridized carbons (Fsp3) is 0.951. The Bertz CT molecular complexity index is 1150. The van der Waals surface area contributed by atoms with Crippen LogP contribution in [0.4, 0.5) is 0 Å². The van der Waals surface area contributed by atoms with Crippen LogP contribution < -0.4 is 10.2 Å². The highest BCUT2D eigenvalue weighted by atomic mass is 31.2. The lowest BCUT2D eigenvalue weighted by Crippen LogP contribution is -2.45. The van der Waals surface area contributed by atoms with Gasteiger partial charge in [-0.25, -0.2) is 0 Å². The molecule has 9 heteroatoms. The third-order valence-corrected chi connectivity index (χ3v) is 15.5. The van der Waals surface area contributed by atoms with Gasteiger partial charge < -0.3 is 28.8 Å². The smallest absolute Gasteiger partial charge is 0.268 e. The van der Waals surface area contributed by atoms with Crippen molar-refractivity contribution >= 4 is 13.7 Å². The van der Waals surface area contributed by atoms with E-state index in [4.69, 9.17) is 9.05 Å². The average Bonchev–Trinajstić information content (AvgIpc) is 3.32. The molecule has 0 aromatic rings. The van der Waals surface area contributed by atoms with Crippen LogP contribution in [-0.4, -0.2) is 68.5 Å². The number of likely N-dealkylation sites (N-methyl/N-ethyl adjacent to an activating group) is 1. The lowest BCUT2D eigenvalue weighted by Gasteiger charge is -2.29. The Hall–Kier alpha value is -0.760. The summed E-state index contributed by atoms with van der Waals surface area (Å²) in [5.41, 5.74) is 0. The molecular weight excluding hydrogens is 888 g/mol. The van der Waals surface area contributed by atoms with E-state index in [1.807, 2.05) is 27.2 Å². The molecule has 0 bridgehead atoms. The van der Waals surface area contributed by atoms with Crippen molar-refractivity contribution in [3.05, 3.63) is 12.2 Å². The predicted molar refractivity (Wildman–Crippen MR) is 302 cm³/mol. The van der Waals surface area contributed by atoms with Crippen LogP contribution in [0.25, 0.3) is 0 Å². The van der Waals surface area contributed by atoms with Crippen molar-refractivity contribution in [2.75, 3.05) is 40.9 Å². The van der Waals surface area contributed by atoms with E-state index in [1.165, 1.54) is 263 Å². The Morgan fingerprint density at radius 2 is 0.771 bits per heavy atom. The number of aliphatic hydroxyl groups is 1. The summed E-state index contributed by atoms with van der Waals surface area (Å²) in [4.78, 5) is 25.5. The minimum Gasteiger partial charge on any atom is -0.756 e.